The molecule has 0 fully saturated rings. The van der Waals surface area contributed by atoms with Gasteiger partial charge in [0.1, 0.15) is 17.7 Å². The zero-order valence-corrected chi connectivity index (χ0v) is 11.0. The Balaban J connectivity index is 1.98. The molecule has 0 radical (unpaired) electrons. The van der Waals surface area contributed by atoms with Gasteiger partial charge in [-0.1, -0.05) is 11.2 Å². The van der Waals surface area contributed by atoms with E-state index in [1.807, 2.05) is 6.92 Å². The van der Waals surface area contributed by atoms with E-state index in [0.29, 0.717) is 23.0 Å². The van der Waals surface area contributed by atoms with E-state index in [2.05, 4.69) is 10.1 Å². The normalized spacial score (nSPS) is 12.4. The quantitative estimate of drug-likeness (QED) is 0.832. The van der Waals surface area contributed by atoms with Crippen molar-refractivity contribution >= 4 is 0 Å². The van der Waals surface area contributed by atoms with Gasteiger partial charge in [0.25, 0.3) is 5.89 Å². The van der Waals surface area contributed by atoms with Gasteiger partial charge in [-0.2, -0.15) is 4.98 Å². The average molecular weight is 266 g/mol. The van der Waals surface area contributed by atoms with E-state index in [4.69, 9.17) is 14.0 Å². The third kappa shape index (κ3) is 3.29. The van der Waals surface area contributed by atoms with Crippen molar-refractivity contribution < 1.29 is 18.4 Å². The number of rotatable bonds is 5. The number of aromatic nitrogens is 2. The lowest BCUT2D eigenvalue weighted by atomic mass is 10.2. The first-order valence-corrected chi connectivity index (χ1v) is 5.84. The fraction of sp³-hybridized carbons (Fsp3) is 0.385. The molecule has 6 heteroatoms. The van der Waals surface area contributed by atoms with Crippen molar-refractivity contribution in [1.29, 1.82) is 0 Å². The van der Waals surface area contributed by atoms with Gasteiger partial charge in [-0.3, -0.25) is 0 Å². The summed E-state index contributed by atoms with van der Waals surface area (Å²) in [5.41, 5.74) is 0.571. The lowest BCUT2D eigenvalue weighted by molar-refractivity contribution is 0.109. The summed E-state index contributed by atoms with van der Waals surface area (Å²) < 4.78 is 28.8. The molecule has 5 nitrogen and oxygen atoms in total. The molecule has 2 aromatic rings. The van der Waals surface area contributed by atoms with Crippen LogP contribution in [-0.4, -0.2) is 17.3 Å². The maximum absolute atomic E-state index is 13.3. The van der Waals surface area contributed by atoms with Gasteiger partial charge in [0.2, 0.25) is 0 Å². The molecular formula is C13H15FN2O3. The molecule has 19 heavy (non-hydrogen) atoms. The Labute approximate surface area is 110 Å². The van der Waals surface area contributed by atoms with Gasteiger partial charge < -0.3 is 14.0 Å². The number of benzene rings is 1. The van der Waals surface area contributed by atoms with E-state index < -0.39 is 0 Å². The SMILES string of the molecule is COC(C)c1noc(COc2ccc(C)c(F)c2)n1. The molecule has 0 saturated carbocycles. The van der Waals surface area contributed by atoms with Crippen LogP contribution in [0.15, 0.2) is 22.7 Å². The number of nitrogens with zero attached hydrogens (tertiary/aromatic N) is 2. The summed E-state index contributed by atoms with van der Waals surface area (Å²) in [5.74, 6) is 0.885. The van der Waals surface area contributed by atoms with E-state index in [9.17, 15) is 4.39 Å². The highest BCUT2D eigenvalue weighted by atomic mass is 19.1. The highest BCUT2D eigenvalue weighted by molar-refractivity contribution is 5.27. The predicted molar refractivity (Wildman–Crippen MR) is 65.2 cm³/mol. The Hall–Kier alpha value is -1.95. The van der Waals surface area contributed by atoms with Gasteiger partial charge in [-0.15, -0.1) is 0 Å². The molecule has 0 saturated heterocycles. The number of hydrogen-bond donors (Lipinski definition) is 0. The first-order chi connectivity index (χ1) is 9.10. The van der Waals surface area contributed by atoms with E-state index in [-0.39, 0.29) is 18.5 Å². The zero-order chi connectivity index (χ0) is 13.8. The standard InChI is InChI=1S/C13H15FN2O3/c1-8-4-5-10(6-11(8)14)18-7-12-15-13(16-19-12)9(2)17-3/h4-6,9H,7H2,1-3H3. The van der Waals surface area contributed by atoms with Gasteiger partial charge >= 0.3 is 0 Å². The number of aryl methyl sites for hydroxylation is 1. The van der Waals surface area contributed by atoms with Crippen LogP contribution in [0.1, 0.15) is 30.3 Å². The van der Waals surface area contributed by atoms with Crippen molar-refractivity contribution in [3.63, 3.8) is 0 Å². The summed E-state index contributed by atoms with van der Waals surface area (Å²) in [6, 6.07) is 4.66. The summed E-state index contributed by atoms with van der Waals surface area (Å²) in [4.78, 5) is 4.11. The molecule has 102 valence electrons. The van der Waals surface area contributed by atoms with Crippen LogP contribution in [0.3, 0.4) is 0 Å². The molecule has 1 heterocycles. The first kappa shape index (κ1) is 13.5. The van der Waals surface area contributed by atoms with Crippen LogP contribution in [0.4, 0.5) is 4.39 Å². The molecule has 0 aliphatic heterocycles. The van der Waals surface area contributed by atoms with Crippen molar-refractivity contribution in [2.24, 2.45) is 0 Å². The molecule has 0 aliphatic carbocycles. The molecule has 0 N–H and O–H groups in total. The highest BCUT2D eigenvalue weighted by Crippen LogP contribution is 2.17. The van der Waals surface area contributed by atoms with Crippen molar-refractivity contribution in [2.75, 3.05) is 7.11 Å². The monoisotopic (exact) mass is 266 g/mol. The smallest absolute Gasteiger partial charge is 0.264 e. The predicted octanol–water partition coefficient (Wildman–Crippen LogP) is 2.80. The van der Waals surface area contributed by atoms with Gasteiger partial charge in [-0.25, -0.2) is 4.39 Å². The summed E-state index contributed by atoms with van der Waals surface area (Å²) in [6.07, 6.45) is -0.241. The molecular weight excluding hydrogens is 251 g/mol. The molecule has 1 aromatic carbocycles. The second kappa shape index (κ2) is 5.79. The second-order valence-corrected chi connectivity index (χ2v) is 4.12. The maximum atomic E-state index is 13.3. The Morgan fingerprint density at radius 2 is 2.21 bits per heavy atom. The van der Waals surface area contributed by atoms with Crippen LogP contribution >= 0.6 is 0 Å². The van der Waals surface area contributed by atoms with Gasteiger partial charge in [0, 0.05) is 13.2 Å². The zero-order valence-electron chi connectivity index (χ0n) is 11.0. The van der Waals surface area contributed by atoms with Gasteiger partial charge in [0.15, 0.2) is 12.4 Å². The minimum Gasteiger partial charge on any atom is -0.484 e. The van der Waals surface area contributed by atoms with Gasteiger partial charge in [0.05, 0.1) is 0 Å². The highest BCUT2D eigenvalue weighted by Gasteiger charge is 2.13. The first-order valence-electron chi connectivity index (χ1n) is 5.84. The average Bonchev–Trinajstić information content (AvgIpc) is 2.88. The van der Waals surface area contributed by atoms with Crippen molar-refractivity contribution in [3.8, 4) is 5.75 Å². The Morgan fingerprint density at radius 1 is 1.42 bits per heavy atom. The molecule has 1 unspecified atom stereocenters. The van der Waals surface area contributed by atoms with E-state index in [0.717, 1.165) is 0 Å². The number of methoxy groups -OCH3 is 1. The summed E-state index contributed by atoms with van der Waals surface area (Å²) in [6.45, 7) is 3.59. The van der Waals surface area contributed by atoms with Crippen LogP contribution in [0.25, 0.3) is 0 Å². The van der Waals surface area contributed by atoms with E-state index in [1.54, 1.807) is 26.2 Å². The van der Waals surface area contributed by atoms with Gasteiger partial charge in [-0.05, 0) is 25.5 Å². The minimum absolute atomic E-state index is 0.0892. The number of halogens is 1. The van der Waals surface area contributed by atoms with Crippen LogP contribution < -0.4 is 4.74 Å². The molecule has 1 aromatic heterocycles. The Kier molecular flexibility index (Phi) is 4.11. The fourth-order valence-corrected chi connectivity index (χ4v) is 1.41. The van der Waals surface area contributed by atoms with Crippen LogP contribution in [0.5, 0.6) is 5.75 Å². The number of hydrogen-bond acceptors (Lipinski definition) is 5. The van der Waals surface area contributed by atoms with Crippen LogP contribution in [0, 0.1) is 12.7 Å². The summed E-state index contributed by atoms with van der Waals surface area (Å²) in [5, 5.41) is 3.77. The molecule has 0 aliphatic rings. The molecule has 0 spiro atoms. The molecule has 1 atom stereocenters. The second-order valence-electron chi connectivity index (χ2n) is 4.12. The Bertz CT molecular complexity index is 557. The topological polar surface area (TPSA) is 57.4 Å². The molecule has 0 amide bonds. The summed E-state index contributed by atoms with van der Waals surface area (Å²) >= 11 is 0. The minimum atomic E-state index is -0.309. The maximum Gasteiger partial charge on any atom is 0.264 e. The fourth-order valence-electron chi connectivity index (χ4n) is 1.41. The third-order valence-corrected chi connectivity index (χ3v) is 2.71. The lowest BCUT2D eigenvalue weighted by Crippen LogP contribution is -2.00. The largest absolute Gasteiger partial charge is 0.484 e. The molecule has 0 bridgehead atoms. The van der Waals surface area contributed by atoms with Crippen LogP contribution in [-0.2, 0) is 11.3 Å². The van der Waals surface area contributed by atoms with Crippen molar-refractivity contribution in [2.45, 2.75) is 26.6 Å². The Morgan fingerprint density at radius 3 is 2.89 bits per heavy atom. The lowest BCUT2D eigenvalue weighted by Gasteiger charge is -2.04. The third-order valence-electron chi connectivity index (χ3n) is 2.71. The number of ether oxygens (including phenoxy) is 2. The summed E-state index contributed by atoms with van der Waals surface area (Å²) in [7, 11) is 1.56. The van der Waals surface area contributed by atoms with E-state index in [1.165, 1.54) is 6.07 Å². The van der Waals surface area contributed by atoms with E-state index >= 15 is 0 Å². The van der Waals surface area contributed by atoms with Crippen LogP contribution in [0.2, 0.25) is 0 Å². The van der Waals surface area contributed by atoms with Crippen molar-refractivity contribution in [3.05, 3.63) is 41.3 Å². The van der Waals surface area contributed by atoms with Crippen molar-refractivity contribution in [1.82, 2.24) is 10.1 Å². The molecule has 2 rings (SSSR count).